The minimum atomic E-state index is -4.59. The summed E-state index contributed by atoms with van der Waals surface area (Å²) in [5, 5.41) is 7.62. The van der Waals surface area contributed by atoms with Crippen LogP contribution in [-0.4, -0.2) is 43.0 Å². The van der Waals surface area contributed by atoms with Crippen molar-refractivity contribution < 1.29 is 22.8 Å². The number of para-hydroxylation sites is 1. The van der Waals surface area contributed by atoms with Gasteiger partial charge in [0.25, 0.3) is 5.91 Å². The van der Waals surface area contributed by atoms with E-state index in [0.29, 0.717) is 17.9 Å². The second kappa shape index (κ2) is 9.65. The van der Waals surface area contributed by atoms with E-state index in [1.54, 1.807) is 30.5 Å². The van der Waals surface area contributed by atoms with Crippen molar-refractivity contribution in [3.63, 3.8) is 0 Å². The Morgan fingerprint density at radius 3 is 2.61 bits per heavy atom. The molecule has 0 radical (unpaired) electrons. The number of carbonyl (C=O) groups excluding carboxylic acids is 1. The maximum atomic E-state index is 13.3. The van der Waals surface area contributed by atoms with Crippen LogP contribution in [0.3, 0.4) is 0 Å². The standard InChI is InChI=1S/C22H23F3N4O2/c1-3-12-31-26-13-15-8-10-16(11-9-15)17-6-4-5-7-19(17)27-21(30)18-14-29(2)28-20(18)22(23,24)25/h4-11,13-14,20,28H,3,12H2,1-2H3,(H,27,30)/b26-13+. The fraction of sp³-hybridized carbons (Fsp3) is 0.273. The van der Waals surface area contributed by atoms with Gasteiger partial charge >= 0.3 is 6.18 Å². The monoisotopic (exact) mass is 432 g/mol. The van der Waals surface area contributed by atoms with Crippen molar-refractivity contribution >= 4 is 17.8 Å². The van der Waals surface area contributed by atoms with Gasteiger partial charge in [-0.3, -0.25) is 4.79 Å². The number of anilines is 1. The summed E-state index contributed by atoms with van der Waals surface area (Å²) < 4.78 is 39.8. The van der Waals surface area contributed by atoms with E-state index in [9.17, 15) is 18.0 Å². The number of nitrogens with zero attached hydrogens (tertiary/aromatic N) is 2. The van der Waals surface area contributed by atoms with Crippen LogP contribution in [0.25, 0.3) is 11.1 Å². The molecule has 31 heavy (non-hydrogen) atoms. The largest absolute Gasteiger partial charge is 0.409 e. The molecule has 1 unspecified atom stereocenters. The number of hydrogen-bond acceptors (Lipinski definition) is 5. The average Bonchev–Trinajstić information content (AvgIpc) is 3.15. The Balaban J connectivity index is 1.79. The molecular formula is C22H23F3N4O2. The van der Waals surface area contributed by atoms with Crippen molar-refractivity contribution in [2.45, 2.75) is 25.6 Å². The first-order chi connectivity index (χ1) is 14.8. The highest BCUT2D eigenvalue weighted by atomic mass is 19.4. The van der Waals surface area contributed by atoms with Crippen molar-refractivity contribution in [1.82, 2.24) is 10.4 Å². The molecule has 2 aromatic rings. The highest BCUT2D eigenvalue weighted by Gasteiger charge is 2.47. The van der Waals surface area contributed by atoms with E-state index in [2.05, 4.69) is 15.9 Å². The van der Waals surface area contributed by atoms with Crippen molar-refractivity contribution in [3.8, 4) is 11.1 Å². The number of halogens is 3. The second-order valence-corrected chi connectivity index (χ2v) is 6.99. The van der Waals surface area contributed by atoms with Gasteiger partial charge in [-0.05, 0) is 23.6 Å². The number of nitrogens with one attached hydrogen (secondary N) is 2. The molecule has 9 heteroatoms. The first kappa shape index (κ1) is 22.4. The number of benzene rings is 2. The molecule has 1 atom stereocenters. The van der Waals surface area contributed by atoms with Crippen LogP contribution in [0.1, 0.15) is 18.9 Å². The number of amides is 1. The van der Waals surface area contributed by atoms with Gasteiger partial charge in [0.05, 0.1) is 11.8 Å². The summed E-state index contributed by atoms with van der Waals surface area (Å²) in [5.74, 6) is -0.816. The zero-order chi connectivity index (χ0) is 22.4. The molecule has 0 aliphatic carbocycles. The summed E-state index contributed by atoms with van der Waals surface area (Å²) in [7, 11) is 1.41. The Kier molecular flexibility index (Phi) is 6.96. The number of alkyl halides is 3. The zero-order valence-corrected chi connectivity index (χ0v) is 17.1. The molecule has 1 aliphatic rings. The predicted molar refractivity (Wildman–Crippen MR) is 113 cm³/mol. The summed E-state index contributed by atoms with van der Waals surface area (Å²) >= 11 is 0. The lowest BCUT2D eigenvalue weighted by molar-refractivity contribution is -0.153. The third kappa shape index (κ3) is 5.64. The molecule has 2 aromatic carbocycles. The van der Waals surface area contributed by atoms with Gasteiger partial charge in [-0.2, -0.15) is 13.2 Å². The average molecular weight is 432 g/mol. The molecular weight excluding hydrogens is 409 g/mol. The summed E-state index contributed by atoms with van der Waals surface area (Å²) in [6.07, 6.45) is -0.983. The minimum absolute atomic E-state index is 0.400. The summed E-state index contributed by atoms with van der Waals surface area (Å²) in [6.45, 7) is 2.53. The lowest BCUT2D eigenvalue weighted by atomic mass is 10.0. The molecule has 0 bridgehead atoms. The zero-order valence-electron chi connectivity index (χ0n) is 17.1. The van der Waals surface area contributed by atoms with Crippen LogP contribution in [0.4, 0.5) is 18.9 Å². The maximum Gasteiger partial charge on any atom is 0.409 e. The molecule has 0 saturated heterocycles. The van der Waals surface area contributed by atoms with Crippen LogP contribution < -0.4 is 10.7 Å². The van der Waals surface area contributed by atoms with Crippen LogP contribution in [0.5, 0.6) is 0 Å². The molecule has 0 fully saturated rings. The topological polar surface area (TPSA) is 66.0 Å². The summed E-state index contributed by atoms with van der Waals surface area (Å²) in [4.78, 5) is 17.7. The number of carbonyl (C=O) groups is 1. The number of hydrazine groups is 1. The van der Waals surface area contributed by atoms with Crippen molar-refractivity contribution in [2.75, 3.05) is 19.0 Å². The molecule has 164 valence electrons. The fourth-order valence-corrected chi connectivity index (χ4v) is 3.06. The van der Waals surface area contributed by atoms with E-state index < -0.39 is 23.7 Å². The molecule has 1 heterocycles. The molecule has 0 aromatic heterocycles. The lowest BCUT2D eigenvalue weighted by Gasteiger charge is -2.20. The first-order valence-electron chi connectivity index (χ1n) is 9.73. The quantitative estimate of drug-likeness (QED) is 0.389. The van der Waals surface area contributed by atoms with Gasteiger partial charge in [0.2, 0.25) is 0 Å². The summed E-state index contributed by atoms with van der Waals surface area (Å²) in [5.41, 5.74) is 4.55. The Bertz CT molecular complexity index is 971. The van der Waals surface area contributed by atoms with Gasteiger partial charge < -0.3 is 15.2 Å². The Morgan fingerprint density at radius 2 is 1.94 bits per heavy atom. The van der Waals surface area contributed by atoms with E-state index in [4.69, 9.17) is 4.84 Å². The number of oxime groups is 1. The molecule has 1 amide bonds. The van der Waals surface area contributed by atoms with Crippen LogP contribution in [0, 0.1) is 0 Å². The first-order valence-corrected chi connectivity index (χ1v) is 9.73. The Hall–Kier alpha value is -3.33. The fourth-order valence-electron chi connectivity index (χ4n) is 3.06. The maximum absolute atomic E-state index is 13.3. The van der Waals surface area contributed by atoms with Crippen LogP contribution >= 0.6 is 0 Å². The van der Waals surface area contributed by atoms with Crippen molar-refractivity contribution in [2.24, 2.45) is 5.16 Å². The molecule has 2 N–H and O–H groups in total. The number of hydrogen-bond donors (Lipinski definition) is 2. The Morgan fingerprint density at radius 1 is 1.23 bits per heavy atom. The van der Waals surface area contributed by atoms with Crippen molar-refractivity contribution in [3.05, 3.63) is 65.9 Å². The smallest absolute Gasteiger partial charge is 0.396 e. The Labute approximate surface area is 178 Å². The van der Waals surface area contributed by atoms with Crippen molar-refractivity contribution in [1.29, 1.82) is 0 Å². The van der Waals surface area contributed by atoms with E-state index >= 15 is 0 Å². The third-order valence-electron chi connectivity index (χ3n) is 4.53. The van der Waals surface area contributed by atoms with Gasteiger partial charge in [0.15, 0.2) is 6.04 Å². The predicted octanol–water partition coefficient (Wildman–Crippen LogP) is 4.32. The third-order valence-corrected chi connectivity index (χ3v) is 4.53. The second-order valence-electron chi connectivity index (χ2n) is 6.99. The lowest BCUT2D eigenvalue weighted by Crippen LogP contribution is -2.45. The van der Waals surface area contributed by atoms with E-state index in [1.165, 1.54) is 7.05 Å². The normalized spacial score (nSPS) is 16.5. The van der Waals surface area contributed by atoms with Gasteiger partial charge in [-0.15, -0.1) is 0 Å². The highest BCUT2D eigenvalue weighted by molar-refractivity contribution is 6.07. The van der Waals surface area contributed by atoms with E-state index in [0.717, 1.165) is 28.8 Å². The van der Waals surface area contributed by atoms with Crippen LogP contribution in [-0.2, 0) is 9.63 Å². The minimum Gasteiger partial charge on any atom is -0.396 e. The molecule has 0 saturated carbocycles. The van der Waals surface area contributed by atoms with Gasteiger partial charge in [0, 0.05) is 24.5 Å². The number of rotatable bonds is 7. The SMILES string of the molecule is CCCO/N=C/c1ccc(-c2ccccc2NC(=O)C2=CN(C)NC2C(F)(F)F)cc1. The molecule has 3 rings (SSSR count). The van der Waals surface area contributed by atoms with Crippen LogP contribution in [0.15, 0.2) is 65.5 Å². The van der Waals surface area contributed by atoms with E-state index in [-0.39, 0.29) is 0 Å². The van der Waals surface area contributed by atoms with Gasteiger partial charge in [0.1, 0.15) is 6.61 Å². The summed E-state index contributed by atoms with van der Waals surface area (Å²) in [6, 6.07) is 12.2. The van der Waals surface area contributed by atoms with E-state index in [1.807, 2.05) is 31.2 Å². The molecule has 0 spiro atoms. The van der Waals surface area contributed by atoms with Gasteiger partial charge in [-0.25, -0.2) is 5.43 Å². The van der Waals surface area contributed by atoms with Gasteiger partial charge in [-0.1, -0.05) is 54.5 Å². The highest BCUT2D eigenvalue weighted by Crippen LogP contribution is 2.32. The van der Waals surface area contributed by atoms with Crippen LogP contribution in [0.2, 0.25) is 0 Å². The molecule has 6 nitrogen and oxygen atoms in total. The molecule has 1 aliphatic heterocycles.